The molecule has 0 aromatic heterocycles. The Morgan fingerprint density at radius 3 is 3.10 bits per heavy atom. The number of benzene rings is 1. The van der Waals surface area contributed by atoms with E-state index < -0.39 is 0 Å². The molecule has 0 radical (unpaired) electrons. The Labute approximate surface area is 117 Å². The molecule has 1 saturated heterocycles. The fourth-order valence-corrected chi connectivity index (χ4v) is 2.67. The Morgan fingerprint density at radius 1 is 1.40 bits per heavy atom. The Hall–Kier alpha value is -1.79. The van der Waals surface area contributed by atoms with Crippen LogP contribution in [0.5, 0.6) is 11.5 Å². The normalized spacial score (nSPS) is 21.1. The van der Waals surface area contributed by atoms with Gasteiger partial charge < -0.3 is 19.9 Å². The molecule has 6 heteroatoms. The number of fused-ring (bicyclic) bond motifs is 1. The minimum absolute atomic E-state index is 0.0794. The van der Waals surface area contributed by atoms with Crippen molar-refractivity contribution >= 4 is 11.6 Å². The van der Waals surface area contributed by atoms with Gasteiger partial charge in [0.15, 0.2) is 11.5 Å². The number of nitrogens with one attached hydrogen (secondary N) is 1. The van der Waals surface area contributed by atoms with Gasteiger partial charge >= 0.3 is 0 Å². The number of carbonyl (C=O) groups excluding carboxylic acids is 1. The van der Waals surface area contributed by atoms with Crippen LogP contribution in [-0.4, -0.2) is 48.4 Å². The number of nitrogens with zero attached hydrogens (tertiary/aromatic N) is 1. The van der Waals surface area contributed by atoms with Crippen LogP contribution in [0.25, 0.3) is 0 Å². The average Bonchev–Trinajstić information content (AvgIpc) is 3.06. The van der Waals surface area contributed by atoms with Gasteiger partial charge in [-0.1, -0.05) is 0 Å². The number of amides is 1. The lowest BCUT2D eigenvalue weighted by atomic mass is 10.2. The van der Waals surface area contributed by atoms with Crippen molar-refractivity contribution in [3.63, 3.8) is 0 Å². The van der Waals surface area contributed by atoms with Crippen LogP contribution in [0.3, 0.4) is 0 Å². The lowest BCUT2D eigenvalue weighted by Gasteiger charge is -2.21. The summed E-state index contributed by atoms with van der Waals surface area (Å²) in [5, 5.41) is 12.1. The highest BCUT2D eigenvalue weighted by Crippen LogP contribution is 2.34. The van der Waals surface area contributed by atoms with E-state index in [-0.39, 0.29) is 25.3 Å². The molecule has 20 heavy (non-hydrogen) atoms. The summed E-state index contributed by atoms with van der Waals surface area (Å²) in [6.07, 6.45) is 1.98. The molecule has 1 aromatic rings. The Bertz CT molecular complexity index is 506. The third-order valence-electron chi connectivity index (χ3n) is 3.71. The molecule has 1 atom stereocenters. The summed E-state index contributed by atoms with van der Waals surface area (Å²) >= 11 is 0. The van der Waals surface area contributed by atoms with Gasteiger partial charge in [-0.25, -0.2) is 0 Å². The second-order valence-electron chi connectivity index (χ2n) is 5.07. The Balaban J connectivity index is 1.59. The van der Waals surface area contributed by atoms with Gasteiger partial charge in [-0.3, -0.25) is 9.69 Å². The molecule has 0 bridgehead atoms. The first kappa shape index (κ1) is 13.2. The molecule has 1 amide bonds. The fourth-order valence-electron chi connectivity index (χ4n) is 2.67. The van der Waals surface area contributed by atoms with E-state index in [1.165, 1.54) is 0 Å². The van der Waals surface area contributed by atoms with Crippen molar-refractivity contribution < 1.29 is 19.4 Å². The number of likely N-dealkylation sites (tertiary alicyclic amines) is 1. The van der Waals surface area contributed by atoms with E-state index in [4.69, 9.17) is 9.47 Å². The maximum Gasteiger partial charge on any atom is 0.238 e. The van der Waals surface area contributed by atoms with Gasteiger partial charge in [0.25, 0.3) is 0 Å². The number of hydrogen-bond donors (Lipinski definition) is 2. The van der Waals surface area contributed by atoms with Crippen LogP contribution in [-0.2, 0) is 4.79 Å². The highest BCUT2D eigenvalue weighted by molar-refractivity contribution is 5.92. The average molecular weight is 278 g/mol. The second-order valence-corrected chi connectivity index (χ2v) is 5.07. The van der Waals surface area contributed by atoms with E-state index in [0.29, 0.717) is 23.7 Å². The highest BCUT2D eigenvalue weighted by Gasteiger charge is 2.25. The van der Waals surface area contributed by atoms with Gasteiger partial charge in [0.1, 0.15) is 0 Å². The summed E-state index contributed by atoms with van der Waals surface area (Å²) in [6.45, 7) is 1.50. The first-order chi connectivity index (χ1) is 9.76. The van der Waals surface area contributed by atoms with E-state index in [9.17, 15) is 9.90 Å². The molecule has 6 nitrogen and oxygen atoms in total. The van der Waals surface area contributed by atoms with Crippen LogP contribution in [0.15, 0.2) is 18.2 Å². The first-order valence-electron chi connectivity index (χ1n) is 6.80. The largest absolute Gasteiger partial charge is 0.454 e. The van der Waals surface area contributed by atoms with Gasteiger partial charge in [-0.05, 0) is 31.5 Å². The molecule has 1 fully saturated rings. The quantitative estimate of drug-likeness (QED) is 0.853. The van der Waals surface area contributed by atoms with E-state index in [1.54, 1.807) is 18.2 Å². The monoisotopic (exact) mass is 278 g/mol. The van der Waals surface area contributed by atoms with E-state index in [1.807, 2.05) is 4.90 Å². The molecule has 2 N–H and O–H groups in total. The molecular formula is C14H18N2O4. The molecule has 0 aliphatic carbocycles. The standard InChI is InChI=1S/C14H18N2O4/c17-8-11-2-1-5-16(11)7-14(18)15-10-3-4-12-13(6-10)20-9-19-12/h3-4,6,11,17H,1-2,5,7-9H2,(H,15,18)/t11-/m0/s1. The molecule has 2 aliphatic heterocycles. The summed E-state index contributed by atoms with van der Waals surface area (Å²) in [6, 6.07) is 5.44. The van der Waals surface area contributed by atoms with Gasteiger partial charge in [-0.2, -0.15) is 0 Å². The maximum atomic E-state index is 12.0. The van der Waals surface area contributed by atoms with Crippen LogP contribution >= 0.6 is 0 Å². The van der Waals surface area contributed by atoms with Crippen LogP contribution in [0.2, 0.25) is 0 Å². The number of anilines is 1. The smallest absolute Gasteiger partial charge is 0.238 e. The fraction of sp³-hybridized carbons (Fsp3) is 0.500. The van der Waals surface area contributed by atoms with Crippen molar-refractivity contribution in [3.05, 3.63) is 18.2 Å². The third-order valence-corrected chi connectivity index (χ3v) is 3.71. The van der Waals surface area contributed by atoms with Crippen molar-refractivity contribution in [1.29, 1.82) is 0 Å². The van der Waals surface area contributed by atoms with Crippen molar-refractivity contribution in [2.24, 2.45) is 0 Å². The molecule has 3 rings (SSSR count). The lowest BCUT2D eigenvalue weighted by Crippen LogP contribution is -2.38. The zero-order chi connectivity index (χ0) is 13.9. The van der Waals surface area contributed by atoms with Crippen molar-refractivity contribution in [2.75, 3.05) is 31.8 Å². The number of rotatable bonds is 4. The zero-order valence-electron chi connectivity index (χ0n) is 11.2. The van der Waals surface area contributed by atoms with Crippen molar-refractivity contribution in [1.82, 2.24) is 4.90 Å². The van der Waals surface area contributed by atoms with Gasteiger partial charge in [0.05, 0.1) is 13.2 Å². The number of ether oxygens (including phenoxy) is 2. The third kappa shape index (κ3) is 2.71. The molecule has 108 valence electrons. The van der Waals surface area contributed by atoms with Crippen LogP contribution < -0.4 is 14.8 Å². The number of aliphatic hydroxyl groups excluding tert-OH is 1. The zero-order valence-corrected chi connectivity index (χ0v) is 11.2. The maximum absolute atomic E-state index is 12.0. The topological polar surface area (TPSA) is 71.0 Å². The van der Waals surface area contributed by atoms with Crippen LogP contribution in [0.1, 0.15) is 12.8 Å². The highest BCUT2D eigenvalue weighted by atomic mass is 16.7. The van der Waals surface area contributed by atoms with Gasteiger partial charge in [0, 0.05) is 17.8 Å². The number of aliphatic hydroxyl groups is 1. The Morgan fingerprint density at radius 2 is 2.25 bits per heavy atom. The van der Waals surface area contributed by atoms with E-state index >= 15 is 0 Å². The van der Waals surface area contributed by atoms with E-state index in [2.05, 4.69) is 5.32 Å². The molecule has 2 heterocycles. The number of hydrogen-bond acceptors (Lipinski definition) is 5. The molecular weight excluding hydrogens is 260 g/mol. The molecule has 1 aromatic carbocycles. The lowest BCUT2D eigenvalue weighted by molar-refractivity contribution is -0.117. The summed E-state index contributed by atoms with van der Waals surface area (Å²) in [5.74, 6) is 1.27. The minimum atomic E-state index is -0.0794. The number of carbonyl (C=O) groups is 1. The molecule has 0 saturated carbocycles. The summed E-state index contributed by atoms with van der Waals surface area (Å²) in [7, 11) is 0. The van der Waals surface area contributed by atoms with Crippen LogP contribution in [0, 0.1) is 0 Å². The predicted octanol–water partition coefficient (Wildman–Crippen LogP) is 0.810. The summed E-state index contributed by atoms with van der Waals surface area (Å²) < 4.78 is 10.5. The Kier molecular flexibility index (Phi) is 3.75. The van der Waals surface area contributed by atoms with Crippen molar-refractivity contribution in [3.8, 4) is 11.5 Å². The van der Waals surface area contributed by atoms with Crippen LogP contribution in [0.4, 0.5) is 5.69 Å². The SMILES string of the molecule is O=C(CN1CCC[C@H]1CO)Nc1ccc2c(c1)OCO2. The summed E-state index contributed by atoms with van der Waals surface area (Å²) in [5.41, 5.74) is 0.694. The molecule has 0 unspecified atom stereocenters. The predicted molar refractivity (Wildman–Crippen MR) is 72.9 cm³/mol. The van der Waals surface area contributed by atoms with Gasteiger partial charge in [-0.15, -0.1) is 0 Å². The van der Waals surface area contributed by atoms with Crippen molar-refractivity contribution in [2.45, 2.75) is 18.9 Å². The summed E-state index contributed by atoms with van der Waals surface area (Å²) in [4.78, 5) is 14.0. The minimum Gasteiger partial charge on any atom is -0.454 e. The van der Waals surface area contributed by atoms with Gasteiger partial charge in [0.2, 0.25) is 12.7 Å². The second kappa shape index (κ2) is 5.68. The molecule has 0 spiro atoms. The molecule has 2 aliphatic rings. The van der Waals surface area contributed by atoms with E-state index in [0.717, 1.165) is 19.4 Å². The first-order valence-corrected chi connectivity index (χ1v) is 6.80.